The predicted molar refractivity (Wildman–Crippen MR) is 76.6 cm³/mol. The molecule has 98 valence electrons. The molecule has 0 aliphatic rings. The standard InChI is InChI=1S/C13H10BrNO3S/c14-9-4-2-1-3-8(9)7-15-12(16)10-5-6-11(19-10)13(17)18/h1-6H,7H2,(H,15,16)(H,17,18). The number of benzene rings is 1. The van der Waals surface area contributed by atoms with Gasteiger partial charge in [0.05, 0.1) is 4.88 Å². The number of aromatic carboxylic acids is 1. The molecule has 19 heavy (non-hydrogen) atoms. The Balaban J connectivity index is 2.01. The van der Waals surface area contributed by atoms with Crippen LogP contribution in [0.2, 0.25) is 0 Å². The van der Waals surface area contributed by atoms with Gasteiger partial charge in [0.2, 0.25) is 0 Å². The monoisotopic (exact) mass is 339 g/mol. The first-order valence-electron chi connectivity index (χ1n) is 5.42. The molecule has 2 N–H and O–H groups in total. The Kier molecular flexibility index (Phi) is 4.34. The van der Waals surface area contributed by atoms with E-state index in [-0.39, 0.29) is 10.8 Å². The van der Waals surface area contributed by atoms with Crippen LogP contribution in [0.25, 0.3) is 0 Å². The first-order chi connectivity index (χ1) is 9.08. The summed E-state index contributed by atoms with van der Waals surface area (Å²) in [5.74, 6) is -1.29. The molecule has 1 amide bonds. The summed E-state index contributed by atoms with van der Waals surface area (Å²) >= 11 is 4.36. The number of amides is 1. The summed E-state index contributed by atoms with van der Waals surface area (Å²) in [4.78, 5) is 23.1. The van der Waals surface area contributed by atoms with Gasteiger partial charge in [-0.2, -0.15) is 0 Å². The fourth-order valence-electron chi connectivity index (χ4n) is 1.48. The van der Waals surface area contributed by atoms with Crippen molar-refractivity contribution in [2.75, 3.05) is 0 Å². The van der Waals surface area contributed by atoms with E-state index in [4.69, 9.17) is 5.11 Å². The van der Waals surface area contributed by atoms with Crippen molar-refractivity contribution in [2.24, 2.45) is 0 Å². The lowest BCUT2D eigenvalue weighted by molar-refractivity contribution is 0.0702. The van der Waals surface area contributed by atoms with Crippen molar-refractivity contribution in [3.63, 3.8) is 0 Å². The molecule has 0 saturated carbocycles. The van der Waals surface area contributed by atoms with E-state index in [9.17, 15) is 9.59 Å². The molecule has 6 heteroatoms. The largest absolute Gasteiger partial charge is 0.477 e. The summed E-state index contributed by atoms with van der Waals surface area (Å²) in [6, 6.07) is 10.5. The normalized spacial score (nSPS) is 10.2. The SMILES string of the molecule is O=C(O)c1ccc(C(=O)NCc2ccccc2Br)s1. The van der Waals surface area contributed by atoms with E-state index in [1.807, 2.05) is 24.3 Å². The highest BCUT2D eigenvalue weighted by Gasteiger charge is 2.12. The number of carboxylic acid groups (broad SMARTS) is 1. The van der Waals surface area contributed by atoms with Crippen LogP contribution in [0.3, 0.4) is 0 Å². The molecule has 1 aromatic carbocycles. The van der Waals surface area contributed by atoms with Crippen LogP contribution in [0.4, 0.5) is 0 Å². The minimum atomic E-state index is -1.02. The predicted octanol–water partition coefficient (Wildman–Crippen LogP) is 3.14. The lowest BCUT2D eigenvalue weighted by Gasteiger charge is -2.05. The molecule has 2 rings (SSSR count). The van der Waals surface area contributed by atoms with Gasteiger partial charge in [-0.15, -0.1) is 11.3 Å². The molecule has 0 saturated heterocycles. The number of thiophene rings is 1. The summed E-state index contributed by atoms with van der Waals surface area (Å²) in [6.07, 6.45) is 0. The van der Waals surface area contributed by atoms with Gasteiger partial charge in [0.15, 0.2) is 0 Å². The summed E-state index contributed by atoms with van der Waals surface area (Å²) < 4.78 is 0.924. The van der Waals surface area contributed by atoms with Gasteiger partial charge in [0.1, 0.15) is 4.88 Å². The highest BCUT2D eigenvalue weighted by atomic mass is 79.9. The summed E-state index contributed by atoms with van der Waals surface area (Å²) in [7, 11) is 0. The molecule has 0 fully saturated rings. The van der Waals surface area contributed by atoms with Crippen LogP contribution in [0, 0.1) is 0 Å². The smallest absolute Gasteiger partial charge is 0.345 e. The third-order valence-electron chi connectivity index (χ3n) is 2.44. The second-order valence-electron chi connectivity index (χ2n) is 3.74. The average molecular weight is 340 g/mol. The second-order valence-corrected chi connectivity index (χ2v) is 5.68. The molecule has 1 aromatic heterocycles. The van der Waals surface area contributed by atoms with Crippen LogP contribution in [0.1, 0.15) is 24.9 Å². The van der Waals surface area contributed by atoms with Crippen molar-refractivity contribution >= 4 is 39.1 Å². The lowest BCUT2D eigenvalue weighted by atomic mass is 10.2. The molecular formula is C13H10BrNO3S. The summed E-state index contributed by atoms with van der Waals surface area (Å²) in [5, 5.41) is 11.6. The molecule has 1 heterocycles. The highest BCUT2D eigenvalue weighted by molar-refractivity contribution is 9.10. The van der Waals surface area contributed by atoms with Crippen molar-refractivity contribution < 1.29 is 14.7 Å². The van der Waals surface area contributed by atoms with Crippen molar-refractivity contribution in [2.45, 2.75) is 6.54 Å². The molecule has 0 spiro atoms. The number of carbonyl (C=O) groups excluding carboxylic acids is 1. The van der Waals surface area contributed by atoms with E-state index in [0.29, 0.717) is 11.4 Å². The molecule has 2 aromatic rings. The summed E-state index contributed by atoms with van der Waals surface area (Å²) in [5.41, 5.74) is 0.964. The lowest BCUT2D eigenvalue weighted by Crippen LogP contribution is -2.21. The van der Waals surface area contributed by atoms with Crippen LogP contribution in [0.5, 0.6) is 0 Å². The van der Waals surface area contributed by atoms with Gasteiger partial charge in [-0.05, 0) is 23.8 Å². The van der Waals surface area contributed by atoms with Crippen LogP contribution in [0.15, 0.2) is 40.9 Å². The summed E-state index contributed by atoms with van der Waals surface area (Å²) in [6.45, 7) is 0.389. The van der Waals surface area contributed by atoms with E-state index >= 15 is 0 Å². The van der Waals surface area contributed by atoms with E-state index in [2.05, 4.69) is 21.2 Å². The van der Waals surface area contributed by atoms with Crippen LogP contribution in [-0.4, -0.2) is 17.0 Å². The van der Waals surface area contributed by atoms with Crippen molar-refractivity contribution in [3.05, 3.63) is 56.2 Å². The van der Waals surface area contributed by atoms with Crippen molar-refractivity contribution in [1.29, 1.82) is 0 Å². The zero-order chi connectivity index (χ0) is 13.8. The number of carbonyl (C=O) groups is 2. The third-order valence-corrected chi connectivity index (χ3v) is 4.28. The topological polar surface area (TPSA) is 66.4 Å². The highest BCUT2D eigenvalue weighted by Crippen LogP contribution is 2.18. The van der Waals surface area contributed by atoms with E-state index in [0.717, 1.165) is 21.4 Å². The molecule has 0 atom stereocenters. The number of carboxylic acids is 1. The maximum atomic E-state index is 11.9. The number of hydrogen-bond donors (Lipinski definition) is 2. The van der Waals surface area contributed by atoms with Crippen LogP contribution < -0.4 is 5.32 Å². The van der Waals surface area contributed by atoms with Gasteiger partial charge in [-0.3, -0.25) is 4.79 Å². The van der Waals surface area contributed by atoms with Crippen molar-refractivity contribution in [3.8, 4) is 0 Å². The second kappa shape index (κ2) is 5.99. The van der Waals surface area contributed by atoms with E-state index < -0.39 is 5.97 Å². The molecule has 0 aliphatic heterocycles. The van der Waals surface area contributed by atoms with Gasteiger partial charge in [0.25, 0.3) is 5.91 Å². The van der Waals surface area contributed by atoms with Gasteiger partial charge in [-0.1, -0.05) is 34.1 Å². The Morgan fingerprint density at radius 1 is 1.16 bits per heavy atom. The minimum absolute atomic E-state index is 0.158. The molecule has 4 nitrogen and oxygen atoms in total. The molecule has 0 aliphatic carbocycles. The zero-order valence-corrected chi connectivity index (χ0v) is 12.1. The first-order valence-corrected chi connectivity index (χ1v) is 7.03. The van der Waals surface area contributed by atoms with Gasteiger partial charge < -0.3 is 10.4 Å². The number of hydrogen-bond acceptors (Lipinski definition) is 3. The Hall–Kier alpha value is -1.66. The zero-order valence-electron chi connectivity index (χ0n) is 9.72. The molecular weight excluding hydrogens is 330 g/mol. The number of nitrogens with one attached hydrogen (secondary N) is 1. The van der Waals surface area contributed by atoms with Gasteiger partial charge in [0, 0.05) is 11.0 Å². The van der Waals surface area contributed by atoms with Crippen LogP contribution >= 0.6 is 27.3 Å². The average Bonchev–Trinajstić information content (AvgIpc) is 2.87. The van der Waals surface area contributed by atoms with E-state index in [1.54, 1.807) is 0 Å². The Morgan fingerprint density at radius 2 is 1.84 bits per heavy atom. The van der Waals surface area contributed by atoms with E-state index in [1.165, 1.54) is 12.1 Å². The Labute approximate surface area is 122 Å². The Bertz CT molecular complexity index is 624. The fourth-order valence-corrected chi connectivity index (χ4v) is 2.67. The fraction of sp³-hybridized carbons (Fsp3) is 0.0769. The number of halogens is 1. The number of rotatable bonds is 4. The van der Waals surface area contributed by atoms with Gasteiger partial charge in [-0.25, -0.2) is 4.79 Å². The van der Waals surface area contributed by atoms with Crippen molar-refractivity contribution in [1.82, 2.24) is 5.32 Å². The first kappa shape index (κ1) is 13.8. The van der Waals surface area contributed by atoms with Crippen LogP contribution in [-0.2, 0) is 6.54 Å². The Morgan fingerprint density at radius 3 is 2.47 bits per heavy atom. The maximum absolute atomic E-state index is 11.9. The maximum Gasteiger partial charge on any atom is 0.345 e. The molecule has 0 radical (unpaired) electrons. The minimum Gasteiger partial charge on any atom is -0.477 e. The van der Waals surface area contributed by atoms with Gasteiger partial charge >= 0.3 is 5.97 Å². The third kappa shape index (κ3) is 3.42. The quantitative estimate of drug-likeness (QED) is 0.899. The molecule has 0 bridgehead atoms. The molecule has 0 unspecified atom stereocenters.